The third-order valence-corrected chi connectivity index (χ3v) is 0.781. The molecule has 0 bridgehead atoms. The second-order valence-electron chi connectivity index (χ2n) is 1.57. The predicted molar refractivity (Wildman–Crippen MR) is 37.3 cm³/mol. The van der Waals surface area contributed by atoms with Gasteiger partial charge in [0.25, 0.3) is 0 Å². The number of nitrogens with zero attached hydrogens (tertiary/aromatic N) is 3. The second kappa shape index (κ2) is 4.04. The van der Waals surface area contributed by atoms with Crippen LogP contribution < -0.4 is 5.73 Å². The van der Waals surface area contributed by atoms with Crippen molar-refractivity contribution in [3.05, 3.63) is 25.1 Å². The summed E-state index contributed by atoms with van der Waals surface area (Å²) in [5, 5.41) is 9.22. The van der Waals surface area contributed by atoms with E-state index in [0.717, 1.165) is 0 Å². The van der Waals surface area contributed by atoms with Gasteiger partial charge in [0.15, 0.2) is 12.2 Å². The number of hydrogen-bond donors (Lipinski definition) is 2. The SMILES string of the molecule is Nc1cn[nH]n1.c1cocn1. The van der Waals surface area contributed by atoms with Gasteiger partial charge in [0.05, 0.1) is 12.4 Å². The zero-order valence-corrected chi connectivity index (χ0v) is 5.64. The fourth-order valence-electron chi connectivity index (χ4n) is 0.386. The van der Waals surface area contributed by atoms with Gasteiger partial charge >= 0.3 is 0 Å². The van der Waals surface area contributed by atoms with Crippen LogP contribution in [0.1, 0.15) is 0 Å². The predicted octanol–water partition coefficient (Wildman–Crippen LogP) is 0.0615. The van der Waals surface area contributed by atoms with E-state index in [4.69, 9.17) is 5.73 Å². The van der Waals surface area contributed by atoms with Crippen LogP contribution >= 0.6 is 0 Å². The summed E-state index contributed by atoms with van der Waals surface area (Å²) in [4.78, 5) is 3.56. The number of nitrogens with one attached hydrogen (secondary N) is 1. The first-order valence-corrected chi connectivity index (χ1v) is 2.83. The molecule has 2 aromatic heterocycles. The van der Waals surface area contributed by atoms with Gasteiger partial charge < -0.3 is 10.2 Å². The molecule has 0 saturated heterocycles. The largest absolute Gasteiger partial charge is 0.452 e. The Kier molecular flexibility index (Phi) is 2.67. The summed E-state index contributed by atoms with van der Waals surface area (Å²) >= 11 is 0. The highest BCUT2D eigenvalue weighted by molar-refractivity contribution is 5.18. The van der Waals surface area contributed by atoms with Crippen LogP contribution in [-0.2, 0) is 0 Å². The van der Waals surface area contributed by atoms with Crippen LogP contribution in [0.25, 0.3) is 0 Å². The van der Waals surface area contributed by atoms with Gasteiger partial charge in [-0.3, -0.25) is 0 Å². The Balaban J connectivity index is 0.000000112. The van der Waals surface area contributed by atoms with Gasteiger partial charge in [-0.05, 0) is 0 Å². The van der Waals surface area contributed by atoms with Gasteiger partial charge in [-0.1, -0.05) is 0 Å². The third-order valence-electron chi connectivity index (χ3n) is 0.781. The van der Waals surface area contributed by atoms with Crippen LogP contribution in [-0.4, -0.2) is 20.4 Å². The van der Waals surface area contributed by atoms with E-state index in [-0.39, 0.29) is 0 Å². The molecule has 0 aliphatic carbocycles. The first kappa shape index (κ1) is 7.26. The topological polar surface area (TPSA) is 93.6 Å². The summed E-state index contributed by atoms with van der Waals surface area (Å²) in [6.45, 7) is 0. The monoisotopic (exact) mass is 153 g/mol. The molecule has 6 nitrogen and oxygen atoms in total. The van der Waals surface area contributed by atoms with Crippen LogP contribution in [0.3, 0.4) is 0 Å². The summed E-state index contributed by atoms with van der Waals surface area (Å²) in [7, 11) is 0. The van der Waals surface area contributed by atoms with Crippen molar-refractivity contribution in [1.29, 1.82) is 0 Å². The fourth-order valence-corrected chi connectivity index (χ4v) is 0.386. The molecule has 2 rings (SSSR count). The third kappa shape index (κ3) is 2.99. The summed E-state index contributed by atoms with van der Waals surface area (Å²) in [5.41, 5.74) is 5.07. The molecule has 2 aromatic rings. The molecular weight excluding hydrogens is 146 g/mol. The van der Waals surface area contributed by atoms with Crippen LogP contribution in [0.15, 0.2) is 29.5 Å². The van der Waals surface area contributed by atoms with Gasteiger partial charge in [-0.15, -0.1) is 5.10 Å². The zero-order chi connectivity index (χ0) is 7.94. The lowest BCUT2D eigenvalue weighted by Gasteiger charge is -1.65. The van der Waals surface area contributed by atoms with E-state index < -0.39 is 0 Å². The molecule has 0 saturated carbocycles. The first-order valence-electron chi connectivity index (χ1n) is 2.83. The average molecular weight is 153 g/mol. The standard InChI is InChI=1S/C3H3NO.C2H4N4/c1-2-5-3-4-1;3-2-1-4-6-5-2/h1-3H;1H,(H3,3,4,5,6). The molecule has 6 heteroatoms. The Morgan fingerprint density at radius 2 is 2.45 bits per heavy atom. The quantitative estimate of drug-likeness (QED) is 0.558. The second-order valence-corrected chi connectivity index (χ2v) is 1.57. The van der Waals surface area contributed by atoms with E-state index >= 15 is 0 Å². The maximum atomic E-state index is 5.07. The number of oxazole rings is 1. The van der Waals surface area contributed by atoms with Crippen molar-refractivity contribution in [2.75, 3.05) is 5.73 Å². The highest BCUT2D eigenvalue weighted by Gasteiger charge is 1.76. The lowest BCUT2D eigenvalue weighted by atomic mass is 10.8. The highest BCUT2D eigenvalue weighted by atomic mass is 16.3. The Bertz CT molecular complexity index is 233. The maximum absolute atomic E-state index is 5.07. The van der Waals surface area contributed by atoms with Gasteiger partial charge in [-0.25, -0.2) is 4.98 Å². The number of rotatable bonds is 0. The molecule has 0 radical (unpaired) electrons. The van der Waals surface area contributed by atoms with Crippen LogP contribution in [0.5, 0.6) is 0 Å². The van der Waals surface area contributed by atoms with Crippen molar-refractivity contribution in [3.63, 3.8) is 0 Å². The van der Waals surface area contributed by atoms with E-state index in [1.165, 1.54) is 18.9 Å². The van der Waals surface area contributed by atoms with E-state index in [1.807, 2.05) is 0 Å². The van der Waals surface area contributed by atoms with Crippen LogP contribution in [0.2, 0.25) is 0 Å². The van der Waals surface area contributed by atoms with E-state index in [1.54, 1.807) is 6.20 Å². The van der Waals surface area contributed by atoms with Crippen LogP contribution in [0, 0.1) is 0 Å². The molecule has 0 amide bonds. The fraction of sp³-hybridized carbons (Fsp3) is 0. The minimum Gasteiger partial charge on any atom is -0.452 e. The first-order chi connectivity index (χ1) is 5.39. The molecule has 58 valence electrons. The summed E-state index contributed by atoms with van der Waals surface area (Å²) in [6, 6.07) is 0. The Morgan fingerprint density at radius 1 is 1.55 bits per heavy atom. The van der Waals surface area contributed by atoms with Gasteiger partial charge in [0, 0.05) is 0 Å². The Hall–Kier alpha value is -1.85. The number of aromatic amines is 1. The number of hydrogen-bond acceptors (Lipinski definition) is 5. The summed E-state index contributed by atoms with van der Waals surface area (Å²) < 4.78 is 4.47. The highest BCUT2D eigenvalue weighted by Crippen LogP contribution is 1.81. The Morgan fingerprint density at radius 3 is 2.64 bits per heavy atom. The molecule has 0 aliphatic heterocycles. The lowest BCUT2D eigenvalue weighted by Crippen LogP contribution is -1.81. The molecule has 11 heavy (non-hydrogen) atoms. The molecule has 0 spiro atoms. The molecule has 0 atom stereocenters. The number of aromatic nitrogens is 4. The van der Waals surface area contributed by atoms with Crippen molar-refractivity contribution in [2.24, 2.45) is 0 Å². The van der Waals surface area contributed by atoms with E-state index in [9.17, 15) is 0 Å². The molecule has 0 fully saturated rings. The molecule has 0 unspecified atom stereocenters. The number of nitrogen functional groups attached to an aromatic ring is 1. The van der Waals surface area contributed by atoms with Crippen molar-refractivity contribution in [3.8, 4) is 0 Å². The van der Waals surface area contributed by atoms with Crippen molar-refractivity contribution in [1.82, 2.24) is 20.4 Å². The zero-order valence-electron chi connectivity index (χ0n) is 5.64. The van der Waals surface area contributed by atoms with E-state index in [0.29, 0.717) is 5.82 Å². The summed E-state index contributed by atoms with van der Waals surface area (Å²) in [6.07, 6.45) is 5.92. The van der Waals surface area contributed by atoms with Gasteiger partial charge in [0.2, 0.25) is 0 Å². The molecule has 2 heterocycles. The molecular formula is C5H7N5O. The maximum Gasteiger partial charge on any atom is 0.180 e. The summed E-state index contributed by atoms with van der Waals surface area (Å²) in [5.74, 6) is 0.426. The molecule has 3 N–H and O–H groups in total. The average Bonchev–Trinajstić information content (AvgIpc) is 2.57. The molecule has 0 aliphatic rings. The number of nitrogens with two attached hydrogens (primary N) is 1. The number of anilines is 1. The smallest absolute Gasteiger partial charge is 0.180 e. The molecule has 0 aromatic carbocycles. The van der Waals surface area contributed by atoms with Gasteiger partial charge in [0.1, 0.15) is 6.26 Å². The minimum absolute atomic E-state index is 0.426. The van der Waals surface area contributed by atoms with Crippen molar-refractivity contribution in [2.45, 2.75) is 0 Å². The minimum atomic E-state index is 0.426. The van der Waals surface area contributed by atoms with E-state index in [2.05, 4.69) is 24.8 Å². The van der Waals surface area contributed by atoms with Crippen molar-refractivity contribution >= 4 is 5.82 Å². The van der Waals surface area contributed by atoms with Crippen LogP contribution in [0.4, 0.5) is 5.82 Å². The number of H-pyrrole nitrogens is 1. The Labute approximate surface area is 62.4 Å². The van der Waals surface area contributed by atoms with Crippen molar-refractivity contribution < 1.29 is 4.42 Å². The van der Waals surface area contributed by atoms with Gasteiger partial charge in [-0.2, -0.15) is 10.3 Å². The normalized spacial score (nSPS) is 8.36. The lowest BCUT2D eigenvalue weighted by molar-refractivity contribution is 0.558.